The number of hydrogen-bond acceptors (Lipinski definition) is 6. The van der Waals surface area contributed by atoms with Crippen molar-refractivity contribution in [3.63, 3.8) is 0 Å². The standard InChI is InChI=1S/C16H14BrF3O6S/c1-3-25-15(22)13(21)11-8(2)12(17)9-6-4-5-7-10(9)14(11)26-27(23,24)16(18,19)20/h4-7,13,21H,3H2,1-2H3/t13-/m0/s1. The highest BCUT2D eigenvalue weighted by atomic mass is 79.9. The van der Waals surface area contributed by atoms with Gasteiger partial charge in [0.2, 0.25) is 0 Å². The Hall–Kier alpha value is -1.85. The highest BCUT2D eigenvalue weighted by Crippen LogP contribution is 2.43. The van der Waals surface area contributed by atoms with Crippen LogP contribution in [0.4, 0.5) is 13.2 Å². The van der Waals surface area contributed by atoms with Crippen molar-refractivity contribution in [1.29, 1.82) is 0 Å². The minimum absolute atomic E-state index is 0.0406. The molecule has 2 rings (SSSR count). The van der Waals surface area contributed by atoms with Crippen LogP contribution in [-0.2, 0) is 19.6 Å². The van der Waals surface area contributed by atoms with Crippen LogP contribution in [0.2, 0.25) is 0 Å². The third-order valence-electron chi connectivity index (χ3n) is 3.65. The van der Waals surface area contributed by atoms with Crippen molar-refractivity contribution in [1.82, 2.24) is 0 Å². The smallest absolute Gasteiger partial charge is 0.464 e. The summed E-state index contributed by atoms with van der Waals surface area (Å²) in [5.41, 5.74) is -6.00. The molecule has 0 spiro atoms. The molecule has 0 radical (unpaired) electrons. The molecule has 0 saturated carbocycles. The van der Waals surface area contributed by atoms with Gasteiger partial charge < -0.3 is 14.0 Å². The fourth-order valence-corrected chi connectivity index (χ4v) is 3.48. The largest absolute Gasteiger partial charge is 0.534 e. The van der Waals surface area contributed by atoms with Gasteiger partial charge in [-0.15, -0.1) is 0 Å². The maximum Gasteiger partial charge on any atom is 0.534 e. The Balaban J connectivity index is 2.84. The Morgan fingerprint density at radius 3 is 2.33 bits per heavy atom. The SMILES string of the molecule is CCOC(=O)[C@@H](O)c1c(C)c(Br)c2ccccc2c1OS(=O)(=O)C(F)(F)F. The molecule has 6 nitrogen and oxygen atoms in total. The van der Waals surface area contributed by atoms with Crippen LogP contribution < -0.4 is 4.18 Å². The molecule has 0 aromatic heterocycles. The van der Waals surface area contributed by atoms with Gasteiger partial charge in [-0.1, -0.05) is 24.3 Å². The van der Waals surface area contributed by atoms with Crippen molar-refractivity contribution in [2.75, 3.05) is 6.61 Å². The predicted molar refractivity (Wildman–Crippen MR) is 93.6 cm³/mol. The molecule has 0 bridgehead atoms. The van der Waals surface area contributed by atoms with Gasteiger partial charge in [-0.3, -0.25) is 0 Å². The van der Waals surface area contributed by atoms with Gasteiger partial charge in [-0.2, -0.15) is 21.6 Å². The second-order valence-corrected chi connectivity index (χ2v) is 7.70. The van der Waals surface area contributed by atoms with Gasteiger partial charge >= 0.3 is 21.6 Å². The zero-order chi connectivity index (χ0) is 20.6. The van der Waals surface area contributed by atoms with Gasteiger partial charge in [-0.05, 0) is 40.7 Å². The van der Waals surface area contributed by atoms with Gasteiger partial charge in [0, 0.05) is 15.4 Å². The van der Waals surface area contributed by atoms with Crippen LogP contribution in [0.15, 0.2) is 28.7 Å². The van der Waals surface area contributed by atoms with Crippen LogP contribution in [0.5, 0.6) is 5.75 Å². The van der Waals surface area contributed by atoms with Crippen molar-refractivity contribution in [3.05, 3.63) is 39.9 Å². The van der Waals surface area contributed by atoms with Crippen LogP contribution in [0.3, 0.4) is 0 Å². The minimum atomic E-state index is -6.04. The first-order valence-electron chi connectivity index (χ1n) is 7.48. The molecule has 0 aliphatic carbocycles. The van der Waals surface area contributed by atoms with Gasteiger partial charge in [0.1, 0.15) is 0 Å². The van der Waals surface area contributed by atoms with Crippen molar-refractivity contribution >= 4 is 42.8 Å². The van der Waals surface area contributed by atoms with E-state index in [1.807, 2.05) is 0 Å². The fraction of sp³-hybridized carbons (Fsp3) is 0.312. The van der Waals surface area contributed by atoms with Gasteiger partial charge in [0.25, 0.3) is 0 Å². The number of esters is 1. The van der Waals surface area contributed by atoms with E-state index in [2.05, 4.69) is 24.8 Å². The first-order valence-corrected chi connectivity index (χ1v) is 9.68. The summed E-state index contributed by atoms with van der Waals surface area (Å²) in [5, 5.41) is 10.6. The Morgan fingerprint density at radius 2 is 1.81 bits per heavy atom. The molecular weight excluding hydrogens is 457 g/mol. The lowest BCUT2D eigenvalue weighted by Crippen LogP contribution is -2.29. The number of fused-ring (bicyclic) bond motifs is 1. The first kappa shape index (κ1) is 21.5. The van der Waals surface area contributed by atoms with Crippen LogP contribution >= 0.6 is 15.9 Å². The number of ether oxygens (including phenoxy) is 1. The van der Waals surface area contributed by atoms with E-state index in [1.165, 1.54) is 32.0 Å². The molecular formula is C16H14BrF3O6S. The Kier molecular flexibility index (Phi) is 6.07. The zero-order valence-corrected chi connectivity index (χ0v) is 16.4. The number of aliphatic hydroxyl groups excluding tert-OH is 1. The number of aliphatic hydroxyl groups is 1. The van der Waals surface area contributed by atoms with E-state index in [4.69, 9.17) is 0 Å². The average Bonchev–Trinajstić information content (AvgIpc) is 2.58. The molecule has 0 fully saturated rings. The van der Waals surface area contributed by atoms with E-state index in [-0.39, 0.29) is 17.6 Å². The fourth-order valence-electron chi connectivity index (χ4n) is 2.42. The van der Waals surface area contributed by atoms with Crippen LogP contribution in [0.1, 0.15) is 24.2 Å². The molecule has 0 amide bonds. The number of hydrogen-bond donors (Lipinski definition) is 1. The van der Waals surface area contributed by atoms with Gasteiger partial charge in [-0.25, -0.2) is 4.79 Å². The van der Waals surface area contributed by atoms with Crippen molar-refractivity contribution in [2.24, 2.45) is 0 Å². The average molecular weight is 471 g/mol. The predicted octanol–water partition coefficient (Wildman–Crippen LogP) is 3.74. The van der Waals surface area contributed by atoms with Crippen LogP contribution in [0, 0.1) is 6.92 Å². The van der Waals surface area contributed by atoms with Crippen LogP contribution in [-0.4, -0.2) is 31.6 Å². The van der Waals surface area contributed by atoms with E-state index in [0.717, 1.165) is 0 Å². The Labute approximate surface area is 161 Å². The lowest BCUT2D eigenvalue weighted by molar-refractivity contribution is -0.153. The molecule has 0 aliphatic rings. The maximum atomic E-state index is 12.8. The quantitative estimate of drug-likeness (QED) is 0.406. The molecule has 0 unspecified atom stereocenters. The minimum Gasteiger partial charge on any atom is -0.464 e. The summed E-state index contributed by atoms with van der Waals surface area (Å²) in [5.74, 6) is -1.94. The highest BCUT2D eigenvalue weighted by molar-refractivity contribution is 9.10. The zero-order valence-electron chi connectivity index (χ0n) is 14.0. The van der Waals surface area contributed by atoms with E-state index >= 15 is 0 Å². The molecule has 1 atom stereocenters. The Bertz CT molecular complexity index is 988. The van der Waals surface area contributed by atoms with E-state index in [0.29, 0.717) is 9.86 Å². The third kappa shape index (κ3) is 4.04. The van der Waals surface area contributed by atoms with E-state index in [1.54, 1.807) is 6.07 Å². The highest BCUT2D eigenvalue weighted by Gasteiger charge is 2.49. The molecule has 1 N–H and O–H groups in total. The lowest BCUT2D eigenvalue weighted by Gasteiger charge is -2.21. The molecule has 27 heavy (non-hydrogen) atoms. The molecule has 11 heteroatoms. The summed E-state index contributed by atoms with van der Waals surface area (Å²) >= 11 is 3.25. The Morgan fingerprint density at radius 1 is 1.26 bits per heavy atom. The number of benzene rings is 2. The number of halogens is 4. The van der Waals surface area contributed by atoms with Crippen molar-refractivity contribution < 1.29 is 40.4 Å². The third-order valence-corrected chi connectivity index (χ3v) is 5.62. The van der Waals surface area contributed by atoms with E-state index in [9.17, 15) is 31.5 Å². The molecule has 2 aromatic rings. The molecule has 0 heterocycles. The normalized spacial score (nSPS) is 13.4. The summed E-state index contributed by atoms with van der Waals surface area (Å²) in [6.45, 7) is 2.77. The summed E-state index contributed by atoms with van der Waals surface area (Å²) in [4.78, 5) is 11.9. The van der Waals surface area contributed by atoms with E-state index < -0.39 is 39.0 Å². The van der Waals surface area contributed by atoms with Gasteiger partial charge in [0.15, 0.2) is 11.9 Å². The summed E-state index contributed by atoms with van der Waals surface area (Å²) in [6.07, 6.45) is -2.05. The second-order valence-electron chi connectivity index (χ2n) is 5.37. The molecule has 0 aliphatic heterocycles. The molecule has 148 valence electrons. The molecule has 2 aromatic carbocycles. The summed E-state index contributed by atoms with van der Waals surface area (Å²) < 4.78 is 71.0. The topological polar surface area (TPSA) is 89.9 Å². The first-order chi connectivity index (χ1) is 12.4. The number of carbonyl (C=O) groups is 1. The lowest BCUT2D eigenvalue weighted by atomic mass is 9.96. The maximum absolute atomic E-state index is 12.8. The van der Waals surface area contributed by atoms with Crippen LogP contribution in [0.25, 0.3) is 10.8 Å². The van der Waals surface area contributed by atoms with Gasteiger partial charge in [0.05, 0.1) is 6.61 Å². The summed E-state index contributed by atoms with van der Waals surface area (Å²) in [6, 6.07) is 5.84. The monoisotopic (exact) mass is 470 g/mol. The number of alkyl halides is 3. The summed E-state index contributed by atoms with van der Waals surface area (Å²) in [7, 11) is -6.04. The second kappa shape index (κ2) is 7.64. The number of rotatable bonds is 5. The molecule has 0 saturated heterocycles. The van der Waals surface area contributed by atoms with Crippen molar-refractivity contribution in [2.45, 2.75) is 25.5 Å². The number of carbonyl (C=O) groups excluding carboxylic acids is 1. The van der Waals surface area contributed by atoms with Crippen molar-refractivity contribution in [3.8, 4) is 5.75 Å².